The number of ether oxygens (including phenoxy) is 1. The van der Waals surface area contributed by atoms with Crippen molar-refractivity contribution in [1.82, 2.24) is 5.32 Å². The molecule has 8 N–H and O–H groups in total. The van der Waals surface area contributed by atoms with Gasteiger partial charge in [-0.1, -0.05) is 13.8 Å². The van der Waals surface area contributed by atoms with Crippen LogP contribution >= 0.6 is 0 Å². The quantitative estimate of drug-likeness (QED) is 0.126. The lowest BCUT2D eigenvalue weighted by atomic mass is 10.1. The lowest BCUT2D eigenvalue weighted by molar-refractivity contribution is -0.162. The average molecular weight is 273 g/mol. The molecule has 0 aliphatic rings. The lowest BCUT2D eigenvalue weighted by Crippen LogP contribution is -2.42. The second-order valence-corrected chi connectivity index (χ2v) is 4.60. The average Bonchev–Trinajstić information content (AvgIpc) is 2.32. The number of esters is 2. The topological polar surface area (TPSA) is 157 Å². The summed E-state index contributed by atoms with van der Waals surface area (Å²) >= 11 is 0. The highest BCUT2D eigenvalue weighted by Gasteiger charge is 2.24. The van der Waals surface area contributed by atoms with E-state index < -0.39 is 24.0 Å². The zero-order chi connectivity index (χ0) is 15.0. The minimum absolute atomic E-state index is 0.115. The lowest BCUT2D eigenvalue weighted by Gasteiger charge is -2.15. The van der Waals surface area contributed by atoms with Crippen molar-refractivity contribution in [3.63, 3.8) is 0 Å². The summed E-state index contributed by atoms with van der Waals surface area (Å²) in [5, 5.41) is 9.51. The second kappa shape index (κ2) is 8.44. The summed E-state index contributed by atoms with van der Waals surface area (Å²) < 4.78 is 4.60. The largest absolute Gasteiger partial charge is 0.391 e. The molecule has 0 aromatic heterocycles. The van der Waals surface area contributed by atoms with Gasteiger partial charge in [0, 0.05) is 6.54 Å². The van der Waals surface area contributed by atoms with Crippen molar-refractivity contribution in [2.45, 2.75) is 38.8 Å². The summed E-state index contributed by atoms with van der Waals surface area (Å²) in [4.78, 5) is 22.9. The molecule has 0 fully saturated rings. The van der Waals surface area contributed by atoms with Gasteiger partial charge in [0.1, 0.15) is 12.1 Å². The summed E-state index contributed by atoms with van der Waals surface area (Å²) in [6.07, 6.45) is 0.851. The summed E-state index contributed by atoms with van der Waals surface area (Å²) in [5.41, 5.74) is 16.2. The van der Waals surface area contributed by atoms with Gasteiger partial charge in [0.15, 0.2) is 5.96 Å². The minimum Gasteiger partial charge on any atom is -0.391 e. The Hall–Kier alpha value is -1.67. The molecule has 0 saturated heterocycles. The van der Waals surface area contributed by atoms with Crippen molar-refractivity contribution >= 4 is 17.9 Å². The van der Waals surface area contributed by atoms with E-state index >= 15 is 0 Å². The molecular formula is C11H23N5O3. The molecule has 0 radical (unpaired) electrons. The molecule has 0 saturated carbocycles. The second-order valence-electron chi connectivity index (χ2n) is 4.60. The van der Waals surface area contributed by atoms with Crippen LogP contribution < -0.4 is 22.5 Å². The van der Waals surface area contributed by atoms with Crippen molar-refractivity contribution in [2.75, 3.05) is 6.54 Å². The molecule has 0 heterocycles. The van der Waals surface area contributed by atoms with Crippen molar-refractivity contribution in [3.05, 3.63) is 0 Å². The third-order valence-electron chi connectivity index (χ3n) is 2.50. The van der Waals surface area contributed by atoms with Crippen molar-refractivity contribution < 1.29 is 14.3 Å². The van der Waals surface area contributed by atoms with Gasteiger partial charge in [-0.05, 0) is 18.8 Å². The molecule has 0 bridgehead atoms. The van der Waals surface area contributed by atoms with E-state index in [-0.39, 0.29) is 11.9 Å². The standard InChI is InChI=1S/C11H23N5O3/c1-6(2)8(13)10(18)19-9(17)7(12)4-3-5-16-11(14)15/h6-8H,3-5,12-13H2,1-2H3,(H4,14,15,16)/t7-,8?/m0/s1. The first-order chi connectivity index (χ1) is 8.75. The number of guanidine groups is 1. The molecule has 0 aliphatic carbocycles. The Bertz CT molecular complexity index is 332. The number of hydrogen-bond donors (Lipinski definition) is 5. The van der Waals surface area contributed by atoms with Crippen molar-refractivity contribution in [1.29, 1.82) is 5.41 Å². The predicted molar refractivity (Wildman–Crippen MR) is 71.0 cm³/mol. The molecule has 8 heteroatoms. The molecule has 2 atom stereocenters. The number of nitrogens with two attached hydrogens (primary N) is 3. The first kappa shape index (κ1) is 17.3. The van der Waals surface area contributed by atoms with Gasteiger partial charge in [-0.15, -0.1) is 0 Å². The summed E-state index contributed by atoms with van der Waals surface area (Å²) in [6, 6.07) is -1.73. The van der Waals surface area contributed by atoms with Crippen LogP contribution in [0.4, 0.5) is 0 Å². The van der Waals surface area contributed by atoms with Gasteiger partial charge in [0.05, 0.1) is 0 Å². The highest BCUT2D eigenvalue weighted by atomic mass is 16.6. The fourth-order valence-electron chi connectivity index (χ4n) is 1.18. The molecule has 0 aromatic rings. The molecule has 19 heavy (non-hydrogen) atoms. The van der Waals surface area contributed by atoms with Crippen LogP contribution in [0.5, 0.6) is 0 Å². The van der Waals surface area contributed by atoms with Crippen LogP contribution in [0.1, 0.15) is 26.7 Å². The maximum Gasteiger partial charge on any atom is 0.330 e. The predicted octanol–water partition coefficient (Wildman–Crippen LogP) is -1.37. The van der Waals surface area contributed by atoms with E-state index in [0.29, 0.717) is 19.4 Å². The monoisotopic (exact) mass is 273 g/mol. The van der Waals surface area contributed by atoms with Gasteiger partial charge < -0.3 is 27.3 Å². The first-order valence-corrected chi connectivity index (χ1v) is 6.10. The minimum atomic E-state index is -0.892. The Morgan fingerprint density at radius 2 is 1.84 bits per heavy atom. The van der Waals surface area contributed by atoms with Crippen LogP contribution in [0.15, 0.2) is 0 Å². The van der Waals surface area contributed by atoms with Crippen LogP contribution in [0.25, 0.3) is 0 Å². The zero-order valence-corrected chi connectivity index (χ0v) is 11.3. The molecule has 110 valence electrons. The van der Waals surface area contributed by atoms with E-state index in [1.54, 1.807) is 13.8 Å². The van der Waals surface area contributed by atoms with Gasteiger partial charge in [-0.3, -0.25) is 5.41 Å². The Labute approximate surface area is 112 Å². The summed E-state index contributed by atoms with van der Waals surface area (Å²) in [5.74, 6) is -1.81. The van der Waals surface area contributed by atoms with Gasteiger partial charge in [-0.2, -0.15) is 0 Å². The van der Waals surface area contributed by atoms with E-state index in [4.69, 9.17) is 22.6 Å². The molecule has 0 rings (SSSR count). The molecule has 0 aromatic carbocycles. The van der Waals surface area contributed by atoms with Gasteiger partial charge >= 0.3 is 11.9 Å². The number of nitrogens with one attached hydrogen (secondary N) is 2. The van der Waals surface area contributed by atoms with E-state index in [9.17, 15) is 9.59 Å². The Morgan fingerprint density at radius 1 is 1.26 bits per heavy atom. The SMILES string of the molecule is CC(C)C(N)C(=O)OC(=O)[C@@H](N)CCCNC(=N)N. The van der Waals surface area contributed by atoms with E-state index in [1.165, 1.54) is 0 Å². The van der Waals surface area contributed by atoms with E-state index in [0.717, 1.165) is 0 Å². The number of hydrogen-bond acceptors (Lipinski definition) is 6. The van der Waals surface area contributed by atoms with Crippen LogP contribution in [0.2, 0.25) is 0 Å². The van der Waals surface area contributed by atoms with Gasteiger partial charge in [0.2, 0.25) is 0 Å². The zero-order valence-electron chi connectivity index (χ0n) is 11.3. The molecule has 1 unspecified atom stereocenters. The Morgan fingerprint density at radius 3 is 2.32 bits per heavy atom. The number of carbonyl (C=O) groups excluding carboxylic acids is 2. The van der Waals surface area contributed by atoms with Crippen LogP contribution in [-0.4, -0.2) is 36.5 Å². The third-order valence-corrected chi connectivity index (χ3v) is 2.50. The fourth-order valence-corrected chi connectivity index (χ4v) is 1.18. The van der Waals surface area contributed by atoms with Gasteiger partial charge in [0.25, 0.3) is 0 Å². The van der Waals surface area contributed by atoms with Gasteiger partial charge in [-0.25, -0.2) is 9.59 Å². The molecule has 8 nitrogen and oxygen atoms in total. The number of rotatable bonds is 7. The number of carbonyl (C=O) groups is 2. The summed E-state index contributed by atoms with van der Waals surface area (Å²) in [6.45, 7) is 3.93. The third kappa shape index (κ3) is 7.37. The fraction of sp³-hybridized carbons (Fsp3) is 0.727. The van der Waals surface area contributed by atoms with Crippen LogP contribution in [-0.2, 0) is 14.3 Å². The molecule has 0 aliphatic heterocycles. The van der Waals surface area contributed by atoms with Crippen molar-refractivity contribution in [3.8, 4) is 0 Å². The normalized spacial score (nSPS) is 13.7. The van der Waals surface area contributed by atoms with Crippen LogP contribution in [0.3, 0.4) is 0 Å². The maximum absolute atomic E-state index is 11.5. The summed E-state index contributed by atoms with van der Waals surface area (Å²) in [7, 11) is 0. The van der Waals surface area contributed by atoms with E-state index in [2.05, 4.69) is 10.1 Å². The highest BCUT2D eigenvalue weighted by Crippen LogP contribution is 2.03. The smallest absolute Gasteiger partial charge is 0.330 e. The molecule has 0 spiro atoms. The van der Waals surface area contributed by atoms with E-state index in [1.807, 2.05) is 0 Å². The Kier molecular flexibility index (Phi) is 7.69. The maximum atomic E-state index is 11.5. The Balaban J connectivity index is 4.00. The highest BCUT2D eigenvalue weighted by molar-refractivity contribution is 5.90. The molecular weight excluding hydrogens is 250 g/mol. The first-order valence-electron chi connectivity index (χ1n) is 6.10. The van der Waals surface area contributed by atoms with Crippen LogP contribution in [0, 0.1) is 11.3 Å². The molecule has 0 amide bonds. The van der Waals surface area contributed by atoms with Crippen molar-refractivity contribution in [2.24, 2.45) is 23.1 Å².